The lowest BCUT2D eigenvalue weighted by Crippen LogP contribution is -2.24. The summed E-state index contributed by atoms with van der Waals surface area (Å²) >= 11 is 0. The number of fused-ring (bicyclic) bond motifs is 1. The summed E-state index contributed by atoms with van der Waals surface area (Å²) in [5.74, 6) is -1.75. The second-order valence-electron chi connectivity index (χ2n) is 4.26. The van der Waals surface area contributed by atoms with Gasteiger partial charge in [-0.2, -0.15) is 13.2 Å². The number of ketones is 1. The number of benzene rings is 1. The summed E-state index contributed by atoms with van der Waals surface area (Å²) in [6, 6.07) is 3.68. The van der Waals surface area contributed by atoms with E-state index < -0.39 is 18.4 Å². The molecular weight excluding hydrogens is 245 g/mol. The zero-order valence-electron chi connectivity index (χ0n) is 9.85. The summed E-state index contributed by atoms with van der Waals surface area (Å²) < 4.78 is 36.4. The highest BCUT2D eigenvalue weighted by Crippen LogP contribution is 2.21. The number of hydrogen-bond acceptors (Lipinski definition) is 2. The summed E-state index contributed by atoms with van der Waals surface area (Å²) in [6.07, 6.45) is -5.57. The molecule has 0 atom stereocenters. The molecule has 18 heavy (non-hydrogen) atoms. The summed E-state index contributed by atoms with van der Waals surface area (Å²) in [4.78, 5) is 17.7. The van der Waals surface area contributed by atoms with Crippen LogP contribution < -0.4 is 0 Å². The van der Waals surface area contributed by atoms with Crippen molar-refractivity contribution >= 4 is 16.8 Å². The van der Waals surface area contributed by atoms with E-state index in [-0.39, 0.29) is 5.82 Å². The lowest BCUT2D eigenvalue weighted by atomic mass is 10.1. The fourth-order valence-corrected chi connectivity index (χ4v) is 1.86. The number of aromatic nitrogens is 2. The van der Waals surface area contributed by atoms with Crippen molar-refractivity contribution in [1.82, 2.24) is 9.97 Å². The minimum Gasteiger partial charge on any atom is -0.342 e. The summed E-state index contributed by atoms with van der Waals surface area (Å²) in [6.45, 7) is 3.71. The van der Waals surface area contributed by atoms with Gasteiger partial charge in [-0.1, -0.05) is 6.07 Å². The van der Waals surface area contributed by atoms with Crippen molar-refractivity contribution in [3.8, 4) is 0 Å². The van der Waals surface area contributed by atoms with E-state index in [1.807, 2.05) is 19.9 Å². The fourth-order valence-electron chi connectivity index (χ4n) is 1.86. The SMILES string of the molecule is Cc1cc(C)c2nc(CC(=O)C(F)(F)F)[nH]c2c1. The number of imidazole rings is 1. The first kappa shape index (κ1) is 12.6. The van der Waals surface area contributed by atoms with Crippen LogP contribution >= 0.6 is 0 Å². The number of hydrogen-bond donors (Lipinski definition) is 1. The van der Waals surface area contributed by atoms with Gasteiger partial charge in [0.25, 0.3) is 0 Å². The van der Waals surface area contributed by atoms with E-state index in [1.54, 1.807) is 6.07 Å². The zero-order chi connectivity index (χ0) is 13.5. The van der Waals surface area contributed by atoms with Crippen LogP contribution in [-0.2, 0) is 11.2 Å². The largest absolute Gasteiger partial charge is 0.450 e. The van der Waals surface area contributed by atoms with E-state index in [4.69, 9.17) is 0 Å². The molecule has 0 saturated heterocycles. The number of nitrogens with zero attached hydrogens (tertiary/aromatic N) is 1. The third-order valence-electron chi connectivity index (χ3n) is 2.61. The van der Waals surface area contributed by atoms with E-state index in [0.29, 0.717) is 11.0 Å². The first-order valence-electron chi connectivity index (χ1n) is 5.33. The molecule has 0 unspecified atom stereocenters. The van der Waals surface area contributed by atoms with Gasteiger partial charge in [0.05, 0.1) is 17.5 Å². The van der Waals surface area contributed by atoms with Crippen LogP contribution in [0, 0.1) is 13.8 Å². The number of carbonyl (C=O) groups excluding carboxylic acids is 1. The van der Waals surface area contributed by atoms with Gasteiger partial charge in [-0.15, -0.1) is 0 Å². The first-order chi connectivity index (χ1) is 8.27. The maximum Gasteiger partial charge on any atom is 0.450 e. The Morgan fingerprint density at radius 3 is 2.61 bits per heavy atom. The molecule has 6 heteroatoms. The molecule has 0 saturated carbocycles. The molecule has 0 aliphatic heterocycles. The number of rotatable bonds is 2. The van der Waals surface area contributed by atoms with Crippen LogP contribution in [0.2, 0.25) is 0 Å². The molecule has 3 nitrogen and oxygen atoms in total. The summed E-state index contributed by atoms with van der Waals surface area (Å²) in [7, 11) is 0. The third-order valence-corrected chi connectivity index (χ3v) is 2.61. The molecule has 1 aromatic heterocycles. The molecule has 1 N–H and O–H groups in total. The Labute approximate surface area is 101 Å². The highest BCUT2D eigenvalue weighted by Gasteiger charge is 2.38. The fraction of sp³-hybridized carbons (Fsp3) is 0.333. The lowest BCUT2D eigenvalue weighted by molar-refractivity contribution is -0.170. The number of alkyl halides is 3. The second kappa shape index (κ2) is 4.12. The van der Waals surface area contributed by atoms with Gasteiger partial charge in [0, 0.05) is 0 Å². The van der Waals surface area contributed by atoms with Crippen molar-refractivity contribution in [2.75, 3.05) is 0 Å². The van der Waals surface area contributed by atoms with Gasteiger partial charge >= 0.3 is 6.18 Å². The van der Waals surface area contributed by atoms with Crippen LogP contribution in [0.15, 0.2) is 12.1 Å². The third kappa shape index (κ3) is 2.37. The molecule has 1 aromatic carbocycles. The van der Waals surface area contributed by atoms with Crippen molar-refractivity contribution in [2.45, 2.75) is 26.4 Å². The Bertz CT molecular complexity index is 614. The minimum atomic E-state index is -4.82. The van der Waals surface area contributed by atoms with E-state index >= 15 is 0 Å². The van der Waals surface area contributed by atoms with Crippen molar-refractivity contribution in [3.63, 3.8) is 0 Å². The topological polar surface area (TPSA) is 45.8 Å². The molecule has 0 fully saturated rings. The van der Waals surface area contributed by atoms with Gasteiger partial charge in [0.15, 0.2) is 0 Å². The number of H-pyrrole nitrogens is 1. The number of halogens is 3. The normalized spacial score (nSPS) is 12.1. The highest BCUT2D eigenvalue weighted by molar-refractivity contribution is 5.87. The van der Waals surface area contributed by atoms with Gasteiger partial charge in [0.1, 0.15) is 5.82 Å². The molecule has 0 aliphatic rings. The van der Waals surface area contributed by atoms with Crippen molar-refractivity contribution in [2.24, 2.45) is 0 Å². The quantitative estimate of drug-likeness (QED) is 0.898. The Kier molecular flexibility index (Phi) is 2.88. The van der Waals surface area contributed by atoms with E-state index in [1.165, 1.54) is 0 Å². The van der Waals surface area contributed by atoms with Crippen LogP contribution in [-0.4, -0.2) is 21.9 Å². The molecule has 0 amide bonds. The summed E-state index contributed by atoms with van der Waals surface area (Å²) in [5, 5.41) is 0. The Hall–Kier alpha value is -1.85. The lowest BCUT2D eigenvalue weighted by Gasteiger charge is -2.01. The van der Waals surface area contributed by atoms with Crippen LogP contribution in [0.25, 0.3) is 11.0 Å². The van der Waals surface area contributed by atoms with Crippen molar-refractivity contribution in [1.29, 1.82) is 0 Å². The molecule has 0 spiro atoms. The maximum atomic E-state index is 12.1. The van der Waals surface area contributed by atoms with Crippen molar-refractivity contribution in [3.05, 3.63) is 29.1 Å². The predicted molar refractivity (Wildman–Crippen MR) is 60.3 cm³/mol. The van der Waals surface area contributed by atoms with Gasteiger partial charge in [0.2, 0.25) is 5.78 Å². The number of nitrogens with one attached hydrogen (secondary N) is 1. The Balaban J connectivity index is 2.37. The second-order valence-corrected chi connectivity index (χ2v) is 4.26. The number of aryl methyl sites for hydroxylation is 2. The molecule has 2 aromatic rings. The molecular formula is C12H11F3N2O. The highest BCUT2D eigenvalue weighted by atomic mass is 19.4. The first-order valence-corrected chi connectivity index (χ1v) is 5.33. The smallest absolute Gasteiger partial charge is 0.342 e. The van der Waals surface area contributed by atoms with E-state index in [0.717, 1.165) is 11.1 Å². The van der Waals surface area contributed by atoms with E-state index in [2.05, 4.69) is 9.97 Å². The van der Waals surface area contributed by atoms with Gasteiger partial charge in [-0.3, -0.25) is 4.79 Å². The predicted octanol–water partition coefficient (Wildman–Crippen LogP) is 2.85. The van der Waals surface area contributed by atoms with Crippen LogP contribution in [0.4, 0.5) is 13.2 Å². The molecule has 0 aliphatic carbocycles. The van der Waals surface area contributed by atoms with Gasteiger partial charge in [-0.05, 0) is 31.0 Å². The maximum absolute atomic E-state index is 12.1. The van der Waals surface area contributed by atoms with Crippen LogP contribution in [0.5, 0.6) is 0 Å². The molecule has 1 heterocycles. The average Bonchev–Trinajstić information content (AvgIpc) is 2.58. The summed E-state index contributed by atoms with van der Waals surface area (Å²) in [5.41, 5.74) is 3.10. The number of carbonyl (C=O) groups is 1. The molecule has 0 bridgehead atoms. The Morgan fingerprint density at radius 1 is 1.33 bits per heavy atom. The number of aromatic amines is 1. The van der Waals surface area contributed by atoms with Crippen LogP contribution in [0.3, 0.4) is 0 Å². The zero-order valence-corrected chi connectivity index (χ0v) is 9.85. The molecule has 0 radical (unpaired) electrons. The average molecular weight is 256 g/mol. The Morgan fingerprint density at radius 2 is 2.00 bits per heavy atom. The van der Waals surface area contributed by atoms with E-state index in [9.17, 15) is 18.0 Å². The minimum absolute atomic E-state index is 0.0426. The standard InChI is InChI=1S/C12H11F3N2O/c1-6-3-7(2)11-8(4-6)16-10(17-11)5-9(18)12(13,14)15/h3-4H,5H2,1-2H3,(H,16,17). The number of Topliss-reactive ketones (excluding diaryl/α,β-unsaturated/α-hetero) is 1. The molecule has 2 rings (SSSR count). The van der Waals surface area contributed by atoms with Crippen molar-refractivity contribution < 1.29 is 18.0 Å². The van der Waals surface area contributed by atoms with Gasteiger partial charge < -0.3 is 4.98 Å². The monoisotopic (exact) mass is 256 g/mol. The molecule has 96 valence electrons. The van der Waals surface area contributed by atoms with Crippen LogP contribution in [0.1, 0.15) is 17.0 Å². The van der Waals surface area contributed by atoms with Gasteiger partial charge in [-0.25, -0.2) is 4.98 Å².